The summed E-state index contributed by atoms with van der Waals surface area (Å²) in [4.78, 5) is 24.9. The molecule has 0 aliphatic carbocycles. The Kier molecular flexibility index (Phi) is 4.47. The van der Waals surface area contributed by atoms with E-state index in [-0.39, 0.29) is 16.9 Å². The topological polar surface area (TPSA) is 63.5 Å². The van der Waals surface area contributed by atoms with Gasteiger partial charge in [0.25, 0.3) is 5.69 Å². The second-order valence-corrected chi connectivity index (χ2v) is 6.82. The number of fused-ring (bicyclic) bond motifs is 1. The van der Waals surface area contributed by atoms with Gasteiger partial charge in [-0.25, -0.2) is 0 Å². The average Bonchev–Trinajstić information content (AvgIpc) is 2.81. The van der Waals surface area contributed by atoms with Crippen molar-refractivity contribution in [2.75, 3.05) is 11.9 Å². The molecule has 0 bridgehead atoms. The minimum Gasteiger partial charge on any atom is -0.347 e. The first kappa shape index (κ1) is 17.6. The van der Waals surface area contributed by atoms with Gasteiger partial charge in [-0.15, -0.1) is 0 Å². The van der Waals surface area contributed by atoms with Gasteiger partial charge >= 0.3 is 0 Å². The summed E-state index contributed by atoms with van der Waals surface area (Å²) in [7, 11) is 1.96. The first-order valence-corrected chi connectivity index (χ1v) is 8.32. The Morgan fingerprint density at radius 2 is 1.88 bits per heavy atom. The summed E-state index contributed by atoms with van der Waals surface area (Å²) in [6.07, 6.45) is 4.67. The van der Waals surface area contributed by atoms with E-state index in [0.717, 1.165) is 11.4 Å². The van der Waals surface area contributed by atoms with E-state index in [9.17, 15) is 14.9 Å². The number of carbonyl (C=O) groups is 1. The van der Waals surface area contributed by atoms with Crippen LogP contribution in [0.25, 0.3) is 6.08 Å². The van der Waals surface area contributed by atoms with E-state index in [1.807, 2.05) is 30.1 Å². The Morgan fingerprint density at radius 1 is 1.15 bits per heavy atom. The quantitative estimate of drug-likeness (QED) is 0.464. The van der Waals surface area contributed by atoms with Gasteiger partial charge in [0.1, 0.15) is 0 Å². The van der Waals surface area contributed by atoms with Crippen molar-refractivity contribution in [3.8, 4) is 0 Å². The summed E-state index contributed by atoms with van der Waals surface area (Å²) >= 11 is 0. The van der Waals surface area contributed by atoms with Gasteiger partial charge in [0, 0.05) is 42.1 Å². The molecule has 1 aliphatic rings. The highest BCUT2D eigenvalue weighted by Crippen LogP contribution is 2.46. The van der Waals surface area contributed by atoms with Crippen molar-refractivity contribution in [3.63, 3.8) is 0 Å². The van der Waals surface area contributed by atoms with Gasteiger partial charge in [-0.1, -0.05) is 50.3 Å². The first-order valence-electron chi connectivity index (χ1n) is 8.32. The molecular weight excluding hydrogens is 328 g/mol. The van der Waals surface area contributed by atoms with E-state index in [1.54, 1.807) is 24.3 Å². The molecule has 3 rings (SSSR count). The van der Waals surface area contributed by atoms with Crippen LogP contribution in [0.15, 0.2) is 66.4 Å². The molecule has 132 valence electrons. The van der Waals surface area contributed by atoms with Gasteiger partial charge in [-0.2, -0.15) is 0 Å². The van der Waals surface area contributed by atoms with Crippen molar-refractivity contribution in [1.82, 2.24) is 0 Å². The first-order chi connectivity index (χ1) is 12.3. The molecule has 1 heterocycles. The highest BCUT2D eigenvalue weighted by Gasteiger charge is 2.38. The van der Waals surface area contributed by atoms with Gasteiger partial charge < -0.3 is 4.90 Å². The van der Waals surface area contributed by atoms with E-state index >= 15 is 0 Å². The summed E-state index contributed by atoms with van der Waals surface area (Å²) in [6, 6.07) is 14.3. The predicted octanol–water partition coefficient (Wildman–Crippen LogP) is 4.49. The zero-order chi connectivity index (χ0) is 18.9. The normalized spacial score (nSPS) is 16.9. The number of carbonyl (C=O) groups excluding carboxylic acids is 1. The molecule has 0 saturated heterocycles. The molecule has 5 heteroatoms. The zero-order valence-electron chi connectivity index (χ0n) is 15.0. The summed E-state index contributed by atoms with van der Waals surface area (Å²) in [5.74, 6) is -0.153. The molecule has 0 atom stereocenters. The van der Waals surface area contributed by atoms with Crippen LogP contribution in [0.2, 0.25) is 0 Å². The highest BCUT2D eigenvalue weighted by molar-refractivity contribution is 6.03. The van der Waals surface area contributed by atoms with Crippen LogP contribution in [0.3, 0.4) is 0 Å². The molecule has 0 unspecified atom stereocenters. The molecule has 0 amide bonds. The average molecular weight is 348 g/mol. The fourth-order valence-corrected chi connectivity index (χ4v) is 3.36. The van der Waals surface area contributed by atoms with Crippen molar-refractivity contribution in [3.05, 3.63) is 87.6 Å². The number of likely N-dealkylation sites (N-methyl/N-ethyl adjacent to an activating group) is 1. The molecule has 2 aromatic carbocycles. The summed E-state index contributed by atoms with van der Waals surface area (Å²) in [6.45, 7) is 4.19. The van der Waals surface area contributed by atoms with Crippen LogP contribution in [0.1, 0.15) is 25.0 Å². The standard InChI is InChI=1S/C21H20N2O3/c1-21(2)18-9-4-5-10-19(18)22(3)20(21)14-17(24)12-11-15-7-6-8-16(13-15)23(25)26/h4-14H,1-3H3. The second-order valence-electron chi connectivity index (χ2n) is 6.82. The van der Waals surface area contributed by atoms with Crippen molar-refractivity contribution in [1.29, 1.82) is 0 Å². The molecule has 0 radical (unpaired) electrons. The third-order valence-electron chi connectivity index (χ3n) is 4.74. The largest absolute Gasteiger partial charge is 0.347 e. The third-order valence-corrected chi connectivity index (χ3v) is 4.74. The number of ketones is 1. The molecule has 0 spiro atoms. The second kappa shape index (κ2) is 6.59. The van der Waals surface area contributed by atoms with Crippen LogP contribution in [0.4, 0.5) is 11.4 Å². The minimum absolute atomic E-state index is 0.00469. The fourth-order valence-electron chi connectivity index (χ4n) is 3.36. The van der Waals surface area contributed by atoms with Crippen LogP contribution < -0.4 is 4.90 Å². The van der Waals surface area contributed by atoms with Crippen LogP contribution in [0.5, 0.6) is 0 Å². The number of nitro benzene ring substituents is 1. The number of allylic oxidation sites excluding steroid dienone is 3. The third kappa shape index (κ3) is 3.16. The van der Waals surface area contributed by atoms with Crippen molar-refractivity contribution < 1.29 is 9.72 Å². The number of anilines is 1. The van der Waals surface area contributed by atoms with Crippen LogP contribution in [-0.2, 0) is 10.2 Å². The molecule has 1 aliphatic heterocycles. The number of hydrogen-bond acceptors (Lipinski definition) is 4. The van der Waals surface area contributed by atoms with Gasteiger partial charge in [-0.05, 0) is 23.3 Å². The number of non-ortho nitro benzene ring substituents is 1. The van der Waals surface area contributed by atoms with Crippen molar-refractivity contribution in [2.45, 2.75) is 19.3 Å². The molecule has 5 nitrogen and oxygen atoms in total. The molecule has 2 aromatic rings. The highest BCUT2D eigenvalue weighted by atomic mass is 16.6. The van der Waals surface area contributed by atoms with E-state index in [0.29, 0.717) is 5.56 Å². The van der Waals surface area contributed by atoms with Crippen molar-refractivity contribution in [2.24, 2.45) is 0 Å². The zero-order valence-corrected chi connectivity index (χ0v) is 15.0. The monoisotopic (exact) mass is 348 g/mol. The summed E-state index contributed by atoms with van der Waals surface area (Å²) in [5.41, 5.74) is 3.56. The van der Waals surface area contributed by atoms with E-state index in [4.69, 9.17) is 0 Å². The van der Waals surface area contributed by atoms with E-state index in [1.165, 1.54) is 23.8 Å². The van der Waals surface area contributed by atoms with Crippen LogP contribution in [-0.4, -0.2) is 17.8 Å². The van der Waals surface area contributed by atoms with E-state index < -0.39 is 4.92 Å². The molecule has 0 N–H and O–H groups in total. The molecule has 0 aromatic heterocycles. The lowest BCUT2D eigenvalue weighted by Crippen LogP contribution is -2.23. The lowest BCUT2D eigenvalue weighted by molar-refractivity contribution is -0.384. The maximum Gasteiger partial charge on any atom is 0.270 e. The Labute approximate surface area is 152 Å². The molecule has 26 heavy (non-hydrogen) atoms. The fraction of sp³-hybridized carbons (Fsp3) is 0.190. The van der Waals surface area contributed by atoms with Crippen molar-refractivity contribution >= 4 is 23.2 Å². The Hall–Kier alpha value is -3.21. The SMILES string of the molecule is CN1C(=CC(=O)C=Cc2cccc([N+](=O)[O-])c2)C(C)(C)c2ccccc21. The Morgan fingerprint density at radius 3 is 2.58 bits per heavy atom. The van der Waals surface area contributed by atoms with Gasteiger partial charge in [-0.3, -0.25) is 14.9 Å². The number of rotatable bonds is 4. The maximum atomic E-state index is 12.5. The number of benzene rings is 2. The molecule has 0 saturated carbocycles. The Bertz CT molecular complexity index is 942. The maximum absolute atomic E-state index is 12.5. The minimum atomic E-state index is -0.450. The number of para-hydroxylation sites is 1. The van der Waals surface area contributed by atoms with Gasteiger partial charge in [0.05, 0.1) is 4.92 Å². The summed E-state index contributed by atoms with van der Waals surface area (Å²) in [5, 5.41) is 10.8. The Balaban J connectivity index is 1.86. The number of nitro groups is 1. The lowest BCUT2D eigenvalue weighted by atomic mass is 9.83. The lowest BCUT2D eigenvalue weighted by Gasteiger charge is -2.23. The van der Waals surface area contributed by atoms with E-state index in [2.05, 4.69) is 19.9 Å². The van der Waals surface area contributed by atoms with Crippen LogP contribution in [0, 0.1) is 10.1 Å². The molecular formula is C21H20N2O3. The van der Waals surface area contributed by atoms with Gasteiger partial charge in [0.2, 0.25) is 0 Å². The summed E-state index contributed by atoms with van der Waals surface area (Å²) < 4.78 is 0. The number of hydrogen-bond donors (Lipinski definition) is 0. The smallest absolute Gasteiger partial charge is 0.270 e. The molecule has 0 fully saturated rings. The number of nitrogens with zero attached hydrogens (tertiary/aromatic N) is 2. The van der Waals surface area contributed by atoms with Gasteiger partial charge in [0.15, 0.2) is 5.78 Å². The van der Waals surface area contributed by atoms with Crippen LogP contribution >= 0.6 is 0 Å². The predicted molar refractivity (Wildman–Crippen MR) is 103 cm³/mol.